The molecule has 2 N–H and O–H groups in total. The number of aliphatic hydroxyl groups is 1. The molecule has 124 valence electrons. The molecule has 0 amide bonds. The van der Waals surface area contributed by atoms with Crippen LogP contribution in [0.2, 0.25) is 5.02 Å². The Morgan fingerprint density at radius 1 is 1.42 bits per heavy atom. The van der Waals surface area contributed by atoms with E-state index in [9.17, 15) is 37.8 Å². The fraction of sp³-hybridized carbons (Fsp3) is 0.556. The summed E-state index contributed by atoms with van der Waals surface area (Å²) in [5.41, 5.74) is -2.33. The van der Waals surface area contributed by atoms with E-state index in [0.29, 0.717) is 6.20 Å². The van der Waals surface area contributed by atoms with E-state index in [0.717, 1.165) is 0 Å². The predicted molar refractivity (Wildman–Crippen MR) is 63.7 cm³/mol. The molecule has 1 aromatic heterocycles. The van der Waals surface area contributed by atoms with Crippen LogP contribution in [-0.4, -0.2) is 38.9 Å². The Morgan fingerprint density at radius 2 is 1.96 bits per heavy atom. The van der Waals surface area contributed by atoms with E-state index < -0.39 is 54.4 Å². The average molecular weight is 407 g/mol. The zero-order valence-electron chi connectivity index (χ0n) is 12.4. The van der Waals surface area contributed by atoms with Gasteiger partial charge in [0.2, 0.25) is 6.23 Å². The quantitative estimate of drug-likeness (QED) is 0.374. The van der Waals surface area contributed by atoms with Crippen molar-refractivity contribution in [2.75, 3.05) is 6.16 Å². The zero-order chi connectivity index (χ0) is 16.9. The molecule has 2 heterocycles. The Labute approximate surface area is 182 Å². The Kier molecular flexibility index (Phi) is 9.05. The number of H-pyrrole nitrogens is 1. The van der Waals surface area contributed by atoms with Gasteiger partial charge in [-0.15, -0.1) is 0 Å². The van der Waals surface area contributed by atoms with Crippen LogP contribution in [0.4, 0.5) is 8.78 Å². The van der Waals surface area contributed by atoms with Crippen molar-refractivity contribution in [3.63, 3.8) is 0 Å². The van der Waals surface area contributed by atoms with Gasteiger partial charge >= 0.3 is 70.7 Å². The monoisotopic (exact) mass is 406 g/mol. The van der Waals surface area contributed by atoms with Crippen LogP contribution in [-0.2, 0) is 9.30 Å². The van der Waals surface area contributed by atoms with Crippen molar-refractivity contribution in [2.45, 2.75) is 24.4 Å². The smallest absolute Gasteiger partial charge is 0.811 e. The molecule has 0 aliphatic carbocycles. The van der Waals surface area contributed by atoms with Gasteiger partial charge in [-0.25, -0.2) is 4.79 Å². The van der Waals surface area contributed by atoms with Gasteiger partial charge in [0.25, 0.3) is 5.56 Å². The SMILES string of the molecule is O=c1[nH]c(=O)n([C@@H]2O[C@H](CP(=O)([O-])[O-])[C@@H](O)C2(F)F)cc1Cl.[Na+].[Na+]. The minimum absolute atomic E-state index is 0. The number of nitrogens with zero attached hydrogens (tertiary/aromatic N) is 1. The topological polar surface area (TPSA) is 148 Å². The van der Waals surface area contributed by atoms with E-state index in [4.69, 9.17) is 11.6 Å². The number of ether oxygens (including phenoxy) is 1. The Bertz CT molecular complexity index is 754. The van der Waals surface area contributed by atoms with Gasteiger partial charge in [-0.05, 0) is 0 Å². The van der Waals surface area contributed by atoms with Crippen molar-refractivity contribution in [1.29, 1.82) is 0 Å². The molecular formula is C9H8ClF2N2Na2O7P. The van der Waals surface area contributed by atoms with E-state index in [1.54, 1.807) is 4.98 Å². The zero-order valence-corrected chi connectivity index (χ0v) is 18.1. The molecule has 0 spiro atoms. The molecule has 1 aliphatic heterocycles. The molecule has 0 saturated carbocycles. The summed E-state index contributed by atoms with van der Waals surface area (Å²) in [6.45, 7) is 0. The number of halogens is 3. The molecule has 1 aliphatic rings. The van der Waals surface area contributed by atoms with Gasteiger partial charge in [-0.3, -0.25) is 14.3 Å². The van der Waals surface area contributed by atoms with Gasteiger partial charge in [-0.2, -0.15) is 8.78 Å². The predicted octanol–water partition coefficient (Wildman–Crippen LogP) is -7.99. The van der Waals surface area contributed by atoms with Crippen LogP contribution in [0.15, 0.2) is 15.8 Å². The van der Waals surface area contributed by atoms with Gasteiger partial charge in [0.15, 0.2) is 0 Å². The van der Waals surface area contributed by atoms with E-state index in [-0.39, 0.29) is 63.7 Å². The van der Waals surface area contributed by atoms with Crippen LogP contribution in [0, 0.1) is 0 Å². The molecule has 0 bridgehead atoms. The van der Waals surface area contributed by atoms with Crippen LogP contribution < -0.4 is 80.2 Å². The minimum atomic E-state index is -5.25. The third-order valence-corrected chi connectivity index (χ3v) is 4.04. The van der Waals surface area contributed by atoms with Crippen molar-refractivity contribution >= 4 is 19.2 Å². The summed E-state index contributed by atoms with van der Waals surface area (Å²) >= 11 is 5.43. The van der Waals surface area contributed by atoms with Gasteiger partial charge in [0.1, 0.15) is 11.1 Å². The molecular weight excluding hydrogens is 399 g/mol. The summed E-state index contributed by atoms with van der Waals surface area (Å²) in [6.07, 6.45) is -7.91. The number of hydrogen-bond acceptors (Lipinski definition) is 7. The molecule has 9 nitrogen and oxygen atoms in total. The molecule has 15 heteroatoms. The number of nitrogens with one attached hydrogen (secondary N) is 1. The number of aromatic nitrogens is 2. The van der Waals surface area contributed by atoms with E-state index in [1.807, 2.05) is 0 Å². The first-order valence-corrected chi connectivity index (χ1v) is 7.77. The van der Waals surface area contributed by atoms with Crippen LogP contribution in [0.5, 0.6) is 0 Å². The molecule has 1 fully saturated rings. The Balaban J connectivity index is 0.00000264. The molecule has 2 rings (SSSR count). The molecule has 1 aromatic rings. The fourth-order valence-electron chi connectivity index (χ4n) is 1.97. The van der Waals surface area contributed by atoms with Crippen LogP contribution >= 0.6 is 19.2 Å². The molecule has 0 aromatic carbocycles. The van der Waals surface area contributed by atoms with Gasteiger partial charge < -0.3 is 24.2 Å². The van der Waals surface area contributed by atoms with Crippen LogP contribution in [0.3, 0.4) is 0 Å². The first-order valence-electron chi connectivity index (χ1n) is 5.67. The summed E-state index contributed by atoms with van der Waals surface area (Å²) in [5.74, 6) is -4.09. The molecule has 0 radical (unpaired) electrons. The molecule has 24 heavy (non-hydrogen) atoms. The maximum Gasteiger partial charge on any atom is 1.00 e. The number of aliphatic hydroxyl groups excluding tert-OH is 1. The van der Waals surface area contributed by atoms with Crippen molar-refractivity contribution in [2.24, 2.45) is 0 Å². The van der Waals surface area contributed by atoms with E-state index in [1.165, 1.54) is 0 Å². The first-order chi connectivity index (χ1) is 9.93. The standard InChI is InChI=1S/C9H10ClF2N2O7P.2Na/c10-3-1-14(8(17)13-6(3)16)7-9(11,12)5(15)4(21-7)2-22(18,19)20;;/h1,4-5,7,15H,2H2,(H,13,16,17)(H2,18,19,20);;/q;2*+1/p-2/t4-,5-,7-;;/m1../s1. The summed E-state index contributed by atoms with van der Waals surface area (Å²) < 4.78 is 43.4. The van der Waals surface area contributed by atoms with Crippen molar-refractivity contribution < 1.29 is 92.1 Å². The van der Waals surface area contributed by atoms with Gasteiger partial charge in [-0.1, -0.05) is 19.2 Å². The van der Waals surface area contributed by atoms with Crippen LogP contribution in [0.25, 0.3) is 0 Å². The summed E-state index contributed by atoms with van der Waals surface area (Å²) in [6, 6.07) is 0. The summed E-state index contributed by atoms with van der Waals surface area (Å²) in [4.78, 5) is 45.6. The van der Waals surface area contributed by atoms with E-state index >= 15 is 0 Å². The number of hydrogen-bond donors (Lipinski definition) is 2. The van der Waals surface area contributed by atoms with Crippen molar-refractivity contribution in [3.8, 4) is 0 Å². The second kappa shape index (κ2) is 8.73. The third-order valence-electron chi connectivity index (χ3n) is 2.96. The molecule has 3 atom stereocenters. The van der Waals surface area contributed by atoms with Crippen molar-refractivity contribution in [1.82, 2.24) is 9.55 Å². The largest absolute Gasteiger partial charge is 1.00 e. The molecule has 1 saturated heterocycles. The summed E-state index contributed by atoms with van der Waals surface area (Å²) in [5, 5.41) is 8.83. The molecule has 0 unspecified atom stereocenters. The summed E-state index contributed by atoms with van der Waals surface area (Å²) in [7, 11) is -5.25. The normalized spacial score (nSPS) is 25.7. The van der Waals surface area contributed by atoms with Crippen LogP contribution in [0.1, 0.15) is 6.23 Å². The third kappa shape index (κ3) is 5.21. The van der Waals surface area contributed by atoms with Crippen molar-refractivity contribution in [3.05, 3.63) is 32.1 Å². The first kappa shape index (κ1) is 24.9. The maximum absolute atomic E-state index is 14.0. The maximum atomic E-state index is 14.0. The fourth-order valence-corrected chi connectivity index (χ4v) is 2.85. The average Bonchev–Trinajstić information content (AvgIpc) is 2.56. The van der Waals surface area contributed by atoms with Gasteiger partial charge in [0.05, 0.1) is 6.10 Å². The minimum Gasteiger partial charge on any atom is -0.811 e. The van der Waals surface area contributed by atoms with E-state index in [2.05, 4.69) is 4.74 Å². The number of rotatable bonds is 3. The second-order valence-corrected chi connectivity index (χ2v) is 6.58. The Morgan fingerprint density at radius 3 is 2.46 bits per heavy atom. The Hall–Kier alpha value is 0.900. The number of aromatic amines is 1. The van der Waals surface area contributed by atoms with Gasteiger partial charge in [0, 0.05) is 12.4 Å². The second-order valence-electron chi connectivity index (χ2n) is 4.58. The number of alkyl halides is 2.